The maximum atomic E-state index is 12.8. The molecular formula is C29H34ClN5O4. The van der Waals surface area contributed by atoms with Crippen LogP contribution in [0.15, 0.2) is 48.7 Å². The number of anilines is 1. The first-order valence-electron chi connectivity index (χ1n) is 13.0. The van der Waals surface area contributed by atoms with E-state index in [0.29, 0.717) is 41.1 Å². The second kappa shape index (κ2) is 13.3. The third kappa shape index (κ3) is 7.84. The molecule has 3 N–H and O–H groups in total. The number of nitrogens with zero attached hydrogens (tertiary/aromatic N) is 2. The standard InChI is InChI=1S/C29H34ClN5O4/c1-19-14-22(39-23-8-9-32-26(16-23)28(36)31-3)7-6-21(19)18-33-29(37)34-25-15-20(2)24(30)17-27(25)38-13-12-35-10-4-5-11-35/h6-9,14-17H,4-5,10-13,18H2,1-3H3,(H,31,36)(H2,33,34,37). The molecule has 1 saturated heterocycles. The Morgan fingerprint density at radius 1 is 1.03 bits per heavy atom. The van der Waals surface area contributed by atoms with Crippen LogP contribution in [0.25, 0.3) is 0 Å². The molecule has 2 heterocycles. The first kappa shape index (κ1) is 28.2. The highest BCUT2D eigenvalue weighted by molar-refractivity contribution is 6.31. The van der Waals surface area contributed by atoms with E-state index in [9.17, 15) is 9.59 Å². The van der Waals surface area contributed by atoms with Gasteiger partial charge in [-0.2, -0.15) is 0 Å². The van der Waals surface area contributed by atoms with Crippen molar-refractivity contribution in [1.82, 2.24) is 20.5 Å². The summed E-state index contributed by atoms with van der Waals surface area (Å²) in [6, 6.07) is 12.1. The number of urea groups is 1. The molecule has 0 atom stereocenters. The average molecular weight is 552 g/mol. The van der Waals surface area contributed by atoms with Gasteiger partial charge in [0.1, 0.15) is 29.5 Å². The number of hydrogen-bond acceptors (Lipinski definition) is 6. The molecule has 1 aromatic heterocycles. The van der Waals surface area contributed by atoms with E-state index >= 15 is 0 Å². The number of aromatic nitrogens is 1. The van der Waals surface area contributed by atoms with Crippen molar-refractivity contribution in [2.75, 3.05) is 38.6 Å². The number of pyridine rings is 1. The fourth-order valence-electron chi connectivity index (χ4n) is 4.31. The molecule has 10 heteroatoms. The molecule has 3 amide bonds. The number of rotatable bonds is 10. The van der Waals surface area contributed by atoms with E-state index in [-0.39, 0.29) is 17.6 Å². The first-order valence-corrected chi connectivity index (χ1v) is 13.4. The lowest BCUT2D eigenvalue weighted by molar-refractivity contribution is 0.0957. The molecule has 0 unspecified atom stereocenters. The molecular weight excluding hydrogens is 518 g/mol. The Balaban J connectivity index is 1.34. The number of hydrogen-bond donors (Lipinski definition) is 3. The van der Waals surface area contributed by atoms with E-state index in [1.807, 2.05) is 38.1 Å². The van der Waals surface area contributed by atoms with Gasteiger partial charge in [0, 0.05) is 43.5 Å². The second-order valence-corrected chi connectivity index (χ2v) is 9.86. The molecule has 0 spiro atoms. The summed E-state index contributed by atoms with van der Waals surface area (Å²) in [5.41, 5.74) is 3.58. The smallest absolute Gasteiger partial charge is 0.319 e. The van der Waals surface area contributed by atoms with E-state index in [0.717, 1.165) is 36.3 Å². The minimum atomic E-state index is -0.348. The third-order valence-corrected chi connectivity index (χ3v) is 6.96. The van der Waals surface area contributed by atoms with Gasteiger partial charge in [-0.25, -0.2) is 4.79 Å². The number of halogens is 1. The number of carbonyl (C=O) groups is 2. The van der Waals surface area contributed by atoms with Gasteiger partial charge in [-0.3, -0.25) is 14.7 Å². The van der Waals surface area contributed by atoms with Gasteiger partial charge < -0.3 is 25.4 Å². The van der Waals surface area contributed by atoms with Gasteiger partial charge in [0.15, 0.2) is 0 Å². The Morgan fingerprint density at radius 3 is 2.54 bits per heavy atom. The average Bonchev–Trinajstić information content (AvgIpc) is 3.44. The number of ether oxygens (including phenoxy) is 2. The van der Waals surface area contributed by atoms with Gasteiger partial charge in [-0.05, 0) is 80.7 Å². The summed E-state index contributed by atoms with van der Waals surface area (Å²) in [5, 5.41) is 8.94. The zero-order valence-corrected chi connectivity index (χ0v) is 23.2. The van der Waals surface area contributed by atoms with Gasteiger partial charge in [0.2, 0.25) is 0 Å². The van der Waals surface area contributed by atoms with E-state index < -0.39 is 0 Å². The van der Waals surface area contributed by atoms with Gasteiger partial charge in [-0.15, -0.1) is 0 Å². The number of amides is 3. The lowest BCUT2D eigenvalue weighted by atomic mass is 10.1. The summed E-state index contributed by atoms with van der Waals surface area (Å²) >= 11 is 6.33. The SMILES string of the molecule is CNC(=O)c1cc(Oc2ccc(CNC(=O)Nc3cc(C)c(Cl)cc3OCCN3CCCC3)c(C)c2)ccn1. The molecule has 1 aliphatic heterocycles. The molecule has 3 aromatic rings. The van der Waals surface area contributed by atoms with E-state index in [1.165, 1.54) is 19.0 Å². The Labute approximate surface area is 233 Å². The molecule has 9 nitrogen and oxygen atoms in total. The van der Waals surface area contributed by atoms with Crippen molar-refractivity contribution in [3.63, 3.8) is 0 Å². The normalized spacial score (nSPS) is 13.1. The number of benzene rings is 2. The Bertz CT molecular complexity index is 1330. The zero-order chi connectivity index (χ0) is 27.8. The minimum Gasteiger partial charge on any atom is -0.490 e. The highest BCUT2D eigenvalue weighted by Gasteiger charge is 2.15. The summed E-state index contributed by atoms with van der Waals surface area (Å²) in [4.78, 5) is 31.0. The number of carbonyl (C=O) groups excluding carboxylic acids is 2. The highest BCUT2D eigenvalue weighted by Crippen LogP contribution is 2.31. The van der Waals surface area contributed by atoms with Crippen LogP contribution in [0.3, 0.4) is 0 Å². The van der Waals surface area contributed by atoms with Crippen LogP contribution in [-0.4, -0.2) is 55.1 Å². The first-order chi connectivity index (χ1) is 18.8. The summed E-state index contributed by atoms with van der Waals surface area (Å²) in [6.07, 6.45) is 3.97. The monoisotopic (exact) mass is 551 g/mol. The number of likely N-dealkylation sites (tertiary alicyclic amines) is 1. The third-order valence-electron chi connectivity index (χ3n) is 6.55. The fraction of sp³-hybridized carbons (Fsp3) is 0.345. The molecule has 1 aliphatic rings. The maximum Gasteiger partial charge on any atom is 0.319 e. The quantitative estimate of drug-likeness (QED) is 0.316. The van der Waals surface area contributed by atoms with Crippen LogP contribution in [0.2, 0.25) is 5.02 Å². The van der Waals surface area contributed by atoms with Gasteiger partial charge >= 0.3 is 6.03 Å². The summed E-state index contributed by atoms with van der Waals surface area (Å²) in [6.45, 7) is 7.71. The second-order valence-electron chi connectivity index (χ2n) is 9.45. The lowest BCUT2D eigenvalue weighted by Crippen LogP contribution is -2.29. The molecule has 0 aliphatic carbocycles. The van der Waals surface area contributed by atoms with Crippen LogP contribution >= 0.6 is 11.6 Å². The topological polar surface area (TPSA) is 105 Å². The molecule has 2 aromatic carbocycles. The van der Waals surface area contributed by atoms with Gasteiger partial charge in [0.25, 0.3) is 5.91 Å². The molecule has 0 radical (unpaired) electrons. The van der Waals surface area contributed by atoms with Crippen LogP contribution in [0.4, 0.5) is 10.5 Å². The largest absolute Gasteiger partial charge is 0.490 e. The van der Waals surface area contributed by atoms with Crippen LogP contribution < -0.4 is 25.4 Å². The van der Waals surface area contributed by atoms with Crippen molar-refractivity contribution < 1.29 is 19.1 Å². The van der Waals surface area contributed by atoms with E-state index in [2.05, 4.69) is 25.8 Å². The van der Waals surface area contributed by atoms with Crippen molar-refractivity contribution in [3.8, 4) is 17.2 Å². The summed E-state index contributed by atoms with van der Waals surface area (Å²) in [5.74, 6) is 1.38. The molecule has 1 fully saturated rings. The molecule has 39 heavy (non-hydrogen) atoms. The van der Waals surface area contributed by atoms with Crippen LogP contribution in [0.5, 0.6) is 17.2 Å². The van der Waals surface area contributed by atoms with Crippen molar-refractivity contribution in [1.29, 1.82) is 0 Å². The minimum absolute atomic E-state index is 0.273. The molecule has 206 valence electrons. The molecule has 0 bridgehead atoms. The maximum absolute atomic E-state index is 12.8. The van der Waals surface area contributed by atoms with Crippen molar-refractivity contribution >= 4 is 29.2 Å². The highest BCUT2D eigenvalue weighted by atomic mass is 35.5. The Morgan fingerprint density at radius 2 is 1.79 bits per heavy atom. The Hall–Kier alpha value is -3.82. The fourth-order valence-corrected chi connectivity index (χ4v) is 4.46. The van der Waals surface area contributed by atoms with Crippen LogP contribution in [0, 0.1) is 13.8 Å². The predicted octanol–water partition coefficient (Wildman–Crippen LogP) is 5.30. The van der Waals surface area contributed by atoms with Crippen LogP contribution in [-0.2, 0) is 6.54 Å². The number of aryl methyl sites for hydroxylation is 2. The Kier molecular flexibility index (Phi) is 9.62. The van der Waals surface area contributed by atoms with Crippen molar-refractivity contribution in [3.05, 3.63) is 76.1 Å². The van der Waals surface area contributed by atoms with Gasteiger partial charge in [-0.1, -0.05) is 17.7 Å². The van der Waals surface area contributed by atoms with Crippen molar-refractivity contribution in [2.24, 2.45) is 0 Å². The van der Waals surface area contributed by atoms with Gasteiger partial charge in [0.05, 0.1) is 5.69 Å². The lowest BCUT2D eigenvalue weighted by Gasteiger charge is -2.18. The van der Waals surface area contributed by atoms with Crippen LogP contribution in [0.1, 0.15) is 40.0 Å². The summed E-state index contributed by atoms with van der Waals surface area (Å²) < 4.78 is 11.9. The molecule has 4 rings (SSSR count). The van der Waals surface area contributed by atoms with E-state index in [4.69, 9.17) is 21.1 Å². The molecule has 0 saturated carbocycles. The van der Waals surface area contributed by atoms with Crippen molar-refractivity contribution in [2.45, 2.75) is 33.2 Å². The number of nitrogens with one attached hydrogen (secondary N) is 3. The van der Waals surface area contributed by atoms with E-state index in [1.54, 1.807) is 25.2 Å². The zero-order valence-electron chi connectivity index (χ0n) is 22.5. The predicted molar refractivity (Wildman–Crippen MR) is 152 cm³/mol. The summed E-state index contributed by atoms with van der Waals surface area (Å²) in [7, 11) is 1.55.